The molecule has 4 heteroatoms. The molecule has 0 amide bonds. The Labute approximate surface area is 131 Å². The highest BCUT2D eigenvalue weighted by molar-refractivity contribution is 7.98. The lowest BCUT2D eigenvalue weighted by Crippen LogP contribution is -2.23. The molecule has 1 atom stereocenters. The number of hydrogen-bond donors (Lipinski definition) is 1. The first-order valence-electron chi connectivity index (χ1n) is 7.69. The summed E-state index contributed by atoms with van der Waals surface area (Å²) in [5.74, 6) is 2.55. The number of rotatable bonds is 5. The fourth-order valence-corrected chi connectivity index (χ4v) is 3.51. The minimum Gasteiger partial charge on any atom is -0.486 e. The Hall–Kier alpha value is -1.13. The SMILES string of the molecule is CSc1cc2c(cc1CNCC1CC=CCC1)OCCO2. The van der Waals surface area contributed by atoms with E-state index in [1.807, 2.05) is 0 Å². The number of nitrogens with one attached hydrogen (secondary N) is 1. The van der Waals surface area contributed by atoms with E-state index >= 15 is 0 Å². The highest BCUT2D eigenvalue weighted by atomic mass is 32.2. The van der Waals surface area contributed by atoms with Crippen LogP contribution >= 0.6 is 11.8 Å². The van der Waals surface area contributed by atoms with Gasteiger partial charge in [-0.25, -0.2) is 0 Å². The summed E-state index contributed by atoms with van der Waals surface area (Å²) in [6.45, 7) is 3.28. The van der Waals surface area contributed by atoms with Gasteiger partial charge in [0, 0.05) is 11.4 Å². The van der Waals surface area contributed by atoms with Crippen LogP contribution in [0.3, 0.4) is 0 Å². The van der Waals surface area contributed by atoms with E-state index in [9.17, 15) is 0 Å². The van der Waals surface area contributed by atoms with Gasteiger partial charge in [0.1, 0.15) is 13.2 Å². The van der Waals surface area contributed by atoms with Crippen molar-refractivity contribution in [1.82, 2.24) is 5.32 Å². The molecular formula is C17H23NO2S. The quantitative estimate of drug-likeness (QED) is 0.665. The zero-order chi connectivity index (χ0) is 14.5. The van der Waals surface area contributed by atoms with Crippen LogP contribution in [0, 0.1) is 5.92 Å². The summed E-state index contributed by atoms with van der Waals surface area (Å²) >= 11 is 1.77. The van der Waals surface area contributed by atoms with Crippen LogP contribution in [0.25, 0.3) is 0 Å². The summed E-state index contributed by atoms with van der Waals surface area (Å²) in [4.78, 5) is 1.27. The summed E-state index contributed by atoms with van der Waals surface area (Å²) in [5, 5.41) is 3.61. The first kappa shape index (κ1) is 14.8. The van der Waals surface area contributed by atoms with Crippen molar-refractivity contribution >= 4 is 11.8 Å². The highest BCUT2D eigenvalue weighted by Crippen LogP contribution is 2.36. The molecule has 0 radical (unpaired) electrons. The first-order chi connectivity index (χ1) is 10.4. The molecule has 1 aliphatic carbocycles. The van der Waals surface area contributed by atoms with E-state index < -0.39 is 0 Å². The molecule has 1 heterocycles. The average Bonchev–Trinajstić information content (AvgIpc) is 2.55. The predicted octanol–water partition coefficient (Wildman–Crippen LogP) is 3.63. The lowest BCUT2D eigenvalue weighted by Gasteiger charge is -2.22. The van der Waals surface area contributed by atoms with Gasteiger partial charge in [0.15, 0.2) is 11.5 Å². The minimum atomic E-state index is 0.646. The Bertz CT molecular complexity index is 516. The van der Waals surface area contributed by atoms with E-state index in [0.29, 0.717) is 13.2 Å². The Morgan fingerprint density at radius 3 is 2.71 bits per heavy atom. The summed E-state index contributed by atoms with van der Waals surface area (Å²) < 4.78 is 11.3. The van der Waals surface area contributed by atoms with Gasteiger partial charge >= 0.3 is 0 Å². The molecule has 114 valence electrons. The third-order valence-electron chi connectivity index (χ3n) is 4.07. The molecule has 3 nitrogen and oxygen atoms in total. The van der Waals surface area contributed by atoms with Crippen molar-refractivity contribution in [2.24, 2.45) is 5.92 Å². The Kier molecular flexibility index (Phi) is 5.09. The van der Waals surface area contributed by atoms with Crippen LogP contribution in [-0.2, 0) is 6.54 Å². The van der Waals surface area contributed by atoms with Gasteiger partial charge < -0.3 is 14.8 Å². The van der Waals surface area contributed by atoms with Crippen LogP contribution < -0.4 is 14.8 Å². The molecule has 3 rings (SSSR count). The van der Waals surface area contributed by atoms with E-state index in [1.165, 1.54) is 29.7 Å². The molecule has 1 unspecified atom stereocenters. The monoisotopic (exact) mass is 305 g/mol. The van der Waals surface area contributed by atoms with Crippen LogP contribution in [0.2, 0.25) is 0 Å². The van der Waals surface area contributed by atoms with Gasteiger partial charge in [0.25, 0.3) is 0 Å². The molecule has 0 aromatic heterocycles. The molecule has 0 fully saturated rings. The maximum Gasteiger partial charge on any atom is 0.162 e. The molecule has 0 saturated carbocycles. The van der Waals surface area contributed by atoms with Gasteiger partial charge in [-0.05, 0) is 55.7 Å². The number of fused-ring (bicyclic) bond motifs is 1. The Morgan fingerprint density at radius 1 is 1.19 bits per heavy atom. The molecule has 1 aliphatic heterocycles. The number of hydrogen-bond acceptors (Lipinski definition) is 4. The molecular weight excluding hydrogens is 282 g/mol. The van der Waals surface area contributed by atoms with Gasteiger partial charge in [0.05, 0.1) is 0 Å². The average molecular weight is 305 g/mol. The first-order valence-corrected chi connectivity index (χ1v) is 8.91. The van der Waals surface area contributed by atoms with Crippen LogP contribution in [-0.4, -0.2) is 26.0 Å². The van der Waals surface area contributed by atoms with Crippen molar-refractivity contribution in [1.29, 1.82) is 0 Å². The maximum atomic E-state index is 5.69. The molecule has 2 aliphatic rings. The normalized spacial score (nSPS) is 20.5. The zero-order valence-corrected chi connectivity index (χ0v) is 13.4. The van der Waals surface area contributed by atoms with Gasteiger partial charge in [-0.3, -0.25) is 0 Å². The molecule has 21 heavy (non-hydrogen) atoms. The molecule has 0 bridgehead atoms. The van der Waals surface area contributed by atoms with Gasteiger partial charge in [-0.15, -0.1) is 11.8 Å². The second-order valence-electron chi connectivity index (χ2n) is 5.59. The van der Waals surface area contributed by atoms with Crippen LogP contribution in [0.15, 0.2) is 29.2 Å². The zero-order valence-electron chi connectivity index (χ0n) is 12.6. The lowest BCUT2D eigenvalue weighted by atomic mass is 9.94. The second-order valence-corrected chi connectivity index (χ2v) is 6.44. The van der Waals surface area contributed by atoms with Gasteiger partial charge in [-0.2, -0.15) is 0 Å². The van der Waals surface area contributed by atoms with Crippen molar-refractivity contribution in [3.05, 3.63) is 29.8 Å². The summed E-state index contributed by atoms with van der Waals surface area (Å²) in [6.07, 6.45) is 10.5. The summed E-state index contributed by atoms with van der Waals surface area (Å²) in [6, 6.07) is 4.24. The summed E-state index contributed by atoms with van der Waals surface area (Å²) in [5.41, 5.74) is 1.30. The van der Waals surface area contributed by atoms with Crippen LogP contribution in [0.4, 0.5) is 0 Å². The van der Waals surface area contributed by atoms with E-state index in [4.69, 9.17) is 9.47 Å². The van der Waals surface area contributed by atoms with Crippen molar-refractivity contribution in [2.45, 2.75) is 30.7 Å². The van der Waals surface area contributed by atoms with Gasteiger partial charge in [0.2, 0.25) is 0 Å². The van der Waals surface area contributed by atoms with Crippen molar-refractivity contribution in [3.8, 4) is 11.5 Å². The van der Waals surface area contributed by atoms with Gasteiger partial charge in [-0.1, -0.05) is 12.2 Å². The largest absolute Gasteiger partial charge is 0.486 e. The van der Waals surface area contributed by atoms with E-state index in [1.54, 1.807) is 11.8 Å². The molecule has 1 N–H and O–H groups in total. The van der Waals surface area contributed by atoms with Crippen molar-refractivity contribution < 1.29 is 9.47 Å². The lowest BCUT2D eigenvalue weighted by molar-refractivity contribution is 0.171. The molecule has 1 aromatic carbocycles. The fourth-order valence-electron chi connectivity index (χ4n) is 2.89. The smallest absolute Gasteiger partial charge is 0.162 e. The predicted molar refractivity (Wildman–Crippen MR) is 87.4 cm³/mol. The van der Waals surface area contributed by atoms with Crippen molar-refractivity contribution in [2.75, 3.05) is 26.0 Å². The Balaban J connectivity index is 1.62. The molecule has 1 aromatic rings. The Morgan fingerprint density at radius 2 is 2.00 bits per heavy atom. The number of ether oxygens (including phenoxy) is 2. The third kappa shape index (κ3) is 3.74. The molecule has 0 saturated heterocycles. The minimum absolute atomic E-state index is 0.646. The van der Waals surface area contributed by atoms with Crippen LogP contribution in [0.5, 0.6) is 11.5 Å². The topological polar surface area (TPSA) is 30.5 Å². The van der Waals surface area contributed by atoms with Crippen molar-refractivity contribution in [3.63, 3.8) is 0 Å². The number of allylic oxidation sites excluding steroid dienone is 2. The maximum absolute atomic E-state index is 5.69. The highest BCUT2D eigenvalue weighted by Gasteiger charge is 2.16. The van der Waals surface area contributed by atoms with E-state index in [-0.39, 0.29) is 0 Å². The van der Waals surface area contributed by atoms with E-state index in [2.05, 4.69) is 35.9 Å². The van der Waals surface area contributed by atoms with Crippen LogP contribution in [0.1, 0.15) is 24.8 Å². The number of benzene rings is 1. The van der Waals surface area contributed by atoms with E-state index in [0.717, 1.165) is 30.5 Å². The number of thioether (sulfide) groups is 1. The fraction of sp³-hybridized carbons (Fsp3) is 0.529. The second kappa shape index (κ2) is 7.23. The standard InChI is InChI=1S/C17H23NO2S/c1-21-17-10-16-15(19-7-8-20-16)9-14(17)12-18-11-13-5-3-2-4-6-13/h2-3,9-10,13,18H,4-8,11-12H2,1H3. The molecule has 0 spiro atoms. The summed E-state index contributed by atoms with van der Waals surface area (Å²) in [7, 11) is 0. The third-order valence-corrected chi connectivity index (χ3v) is 4.89.